The molecule has 0 amide bonds. The third-order valence-corrected chi connectivity index (χ3v) is 3.38. The lowest BCUT2D eigenvalue weighted by atomic mass is 10.2. The maximum atomic E-state index is 9.10. The van der Waals surface area contributed by atoms with Gasteiger partial charge in [-0.3, -0.25) is 0 Å². The monoisotopic (exact) mass is 285 g/mol. The lowest BCUT2D eigenvalue weighted by molar-refractivity contribution is -0.159. The first-order chi connectivity index (χ1) is 8.88. The minimum atomic E-state index is -1.82. The van der Waals surface area contributed by atoms with Crippen LogP contribution in [0.25, 0.3) is 0 Å². The van der Waals surface area contributed by atoms with Crippen molar-refractivity contribution in [1.82, 2.24) is 0 Å². The first kappa shape index (κ1) is 17.5. The summed E-state index contributed by atoms with van der Waals surface area (Å²) in [6.45, 7) is 5.08. The third-order valence-electron chi connectivity index (χ3n) is 2.12. The Morgan fingerprint density at radius 1 is 1.21 bits per heavy atom. The molecule has 0 saturated carbocycles. The Hall–Kier alpha value is -1.53. The zero-order valence-electron chi connectivity index (χ0n) is 11.0. The highest BCUT2D eigenvalue weighted by molar-refractivity contribution is 7.99. The van der Waals surface area contributed by atoms with Crippen molar-refractivity contribution in [2.24, 2.45) is 5.73 Å². The average molecular weight is 285 g/mol. The summed E-state index contributed by atoms with van der Waals surface area (Å²) in [5.41, 5.74) is 8.15. The van der Waals surface area contributed by atoms with Gasteiger partial charge in [0.15, 0.2) is 0 Å². The van der Waals surface area contributed by atoms with E-state index in [-0.39, 0.29) is 0 Å². The van der Waals surface area contributed by atoms with E-state index in [4.69, 9.17) is 25.5 Å². The van der Waals surface area contributed by atoms with Gasteiger partial charge >= 0.3 is 11.9 Å². The van der Waals surface area contributed by atoms with Gasteiger partial charge in [-0.2, -0.15) is 0 Å². The number of rotatable bonds is 4. The van der Waals surface area contributed by atoms with E-state index in [1.54, 1.807) is 0 Å². The molecule has 0 aromatic heterocycles. The number of carbonyl (C=O) groups is 2. The zero-order chi connectivity index (χ0) is 14.8. The number of hydrogen-bond acceptors (Lipinski definition) is 4. The maximum absolute atomic E-state index is 9.10. The van der Waals surface area contributed by atoms with Gasteiger partial charge in [-0.15, -0.1) is 11.8 Å². The van der Waals surface area contributed by atoms with Crippen molar-refractivity contribution in [3.63, 3.8) is 0 Å². The second kappa shape index (κ2) is 9.41. The Morgan fingerprint density at radius 2 is 1.79 bits per heavy atom. The van der Waals surface area contributed by atoms with Gasteiger partial charge in [0.25, 0.3) is 0 Å². The lowest BCUT2D eigenvalue weighted by Crippen LogP contribution is -2.09. The van der Waals surface area contributed by atoms with Gasteiger partial charge in [0, 0.05) is 4.90 Å². The molecule has 0 aliphatic carbocycles. The summed E-state index contributed by atoms with van der Waals surface area (Å²) in [5, 5.41) is 14.8. The third kappa shape index (κ3) is 8.23. The predicted molar refractivity (Wildman–Crippen MR) is 75.6 cm³/mol. The largest absolute Gasteiger partial charge is 0.473 e. The van der Waals surface area contributed by atoms with Gasteiger partial charge in [-0.25, -0.2) is 9.59 Å². The topological polar surface area (TPSA) is 101 Å². The normalized spacial score (nSPS) is 9.42. The standard InChI is InChI=1S/C11H17NS.C2H2O4/c1-9-4-5-11(10(2)8-9)13-7-3-6-12;3-1(4)2(5)6/h4-5,8H,3,6-7,12H2,1-2H3;(H,3,4)(H,5,6). The fraction of sp³-hybridized carbons (Fsp3) is 0.385. The summed E-state index contributed by atoms with van der Waals surface area (Å²) < 4.78 is 0. The maximum Gasteiger partial charge on any atom is 0.414 e. The van der Waals surface area contributed by atoms with Crippen LogP contribution in [0.3, 0.4) is 0 Å². The van der Waals surface area contributed by atoms with Crippen LogP contribution in [0.1, 0.15) is 17.5 Å². The molecule has 1 aromatic carbocycles. The number of carboxylic acids is 2. The molecule has 106 valence electrons. The summed E-state index contributed by atoms with van der Waals surface area (Å²) in [6, 6.07) is 6.59. The highest BCUT2D eigenvalue weighted by Crippen LogP contribution is 2.23. The molecule has 0 saturated heterocycles. The van der Waals surface area contributed by atoms with Crippen LogP contribution < -0.4 is 5.73 Å². The highest BCUT2D eigenvalue weighted by atomic mass is 32.2. The second-order valence-electron chi connectivity index (χ2n) is 3.87. The lowest BCUT2D eigenvalue weighted by Gasteiger charge is -2.05. The van der Waals surface area contributed by atoms with Crippen LogP contribution in [0.4, 0.5) is 0 Å². The zero-order valence-corrected chi connectivity index (χ0v) is 11.9. The minimum absolute atomic E-state index is 0.790. The summed E-state index contributed by atoms with van der Waals surface area (Å²) in [6.07, 6.45) is 1.10. The van der Waals surface area contributed by atoms with Crippen LogP contribution in [0.5, 0.6) is 0 Å². The van der Waals surface area contributed by atoms with E-state index in [0.29, 0.717) is 0 Å². The SMILES string of the molecule is Cc1ccc(SCCCN)c(C)c1.O=C(O)C(=O)O. The Balaban J connectivity index is 0.000000459. The molecule has 6 heteroatoms. The van der Waals surface area contributed by atoms with Crippen LogP contribution in [0.15, 0.2) is 23.1 Å². The summed E-state index contributed by atoms with van der Waals surface area (Å²) in [7, 11) is 0. The Morgan fingerprint density at radius 3 is 2.21 bits per heavy atom. The van der Waals surface area contributed by atoms with E-state index in [2.05, 4.69) is 32.0 Å². The van der Waals surface area contributed by atoms with Crippen molar-refractivity contribution in [1.29, 1.82) is 0 Å². The molecule has 1 aromatic rings. The van der Waals surface area contributed by atoms with Crippen molar-refractivity contribution in [3.8, 4) is 0 Å². The molecule has 5 nitrogen and oxygen atoms in total. The molecule has 0 aliphatic heterocycles. The van der Waals surface area contributed by atoms with E-state index >= 15 is 0 Å². The average Bonchev–Trinajstić information content (AvgIpc) is 2.33. The van der Waals surface area contributed by atoms with Crippen molar-refractivity contribution in [2.75, 3.05) is 12.3 Å². The number of nitrogens with two attached hydrogens (primary N) is 1. The molecule has 0 spiro atoms. The Kier molecular flexibility index (Phi) is 8.65. The van der Waals surface area contributed by atoms with Gasteiger partial charge in [0.05, 0.1) is 0 Å². The van der Waals surface area contributed by atoms with E-state index < -0.39 is 11.9 Å². The molecule has 0 fully saturated rings. The molecule has 0 atom stereocenters. The molecule has 4 N–H and O–H groups in total. The second-order valence-corrected chi connectivity index (χ2v) is 5.01. The van der Waals surface area contributed by atoms with Gasteiger partial charge in [-0.05, 0) is 44.2 Å². The molecule has 1 rings (SSSR count). The number of hydrogen-bond donors (Lipinski definition) is 3. The van der Waals surface area contributed by atoms with Crippen molar-refractivity contribution in [2.45, 2.75) is 25.2 Å². The van der Waals surface area contributed by atoms with Gasteiger partial charge < -0.3 is 15.9 Å². The van der Waals surface area contributed by atoms with Gasteiger partial charge in [0.1, 0.15) is 0 Å². The van der Waals surface area contributed by atoms with Crippen LogP contribution in [-0.2, 0) is 9.59 Å². The van der Waals surface area contributed by atoms with Crippen LogP contribution in [0.2, 0.25) is 0 Å². The number of aliphatic carboxylic acids is 2. The van der Waals surface area contributed by atoms with E-state index in [9.17, 15) is 0 Å². The summed E-state index contributed by atoms with van der Waals surface area (Å²) >= 11 is 1.90. The molecule has 0 heterocycles. The molecule has 0 aliphatic rings. The quantitative estimate of drug-likeness (QED) is 0.444. The predicted octanol–water partition coefficient (Wildman–Crippen LogP) is 1.90. The molecule has 0 unspecified atom stereocenters. The Bertz CT molecular complexity index is 423. The Labute approximate surface area is 116 Å². The fourth-order valence-electron chi connectivity index (χ4n) is 1.23. The van der Waals surface area contributed by atoms with Crippen molar-refractivity contribution < 1.29 is 19.8 Å². The van der Waals surface area contributed by atoms with Crippen molar-refractivity contribution in [3.05, 3.63) is 29.3 Å². The van der Waals surface area contributed by atoms with Crippen LogP contribution in [0, 0.1) is 13.8 Å². The highest BCUT2D eigenvalue weighted by Gasteiger charge is 2.04. The molecule has 19 heavy (non-hydrogen) atoms. The smallest absolute Gasteiger partial charge is 0.414 e. The number of carboxylic acid groups (broad SMARTS) is 2. The summed E-state index contributed by atoms with van der Waals surface area (Å²) in [4.78, 5) is 19.6. The van der Waals surface area contributed by atoms with E-state index in [1.165, 1.54) is 16.0 Å². The molecule has 0 bridgehead atoms. The van der Waals surface area contributed by atoms with Crippen molar-refractivity contribution >= 4 is 23.7 Å². The molecular weight excluding hydrogens is 266 g/mol. The minimum Gasteiger partial charge on any atom is -0.473 e. The van der Waals surface area contributed by atoms with Crippen LogP contribution >= 0.6 is 11.8 Å². The number of aryl methyl sites for hydroxylation is 2. The van der Waals surface area contributed by atoms with Crippen LogP contribution in [-0.4, -0.2) is 34.4 Å². The fourth-order valence-corrected chi connectivity index (χ4v) is 2.21. The number of thioether (sulfide) groups is 1. The summed E-state index contributed by atoms with van der Waals surface area (Å²) in [5.74, 6) is -2.52. The first-order valence-electron chi connectivity index (χ1n) is 5.74. The van der Waals surface area contributed by atoms with Gasteiger partial charge in [0.2, 0.25) is 0 Å². The van der Waals surface area contributed by atoms with E-state index in [1.807, 2.05) is 11.8 Å². The molecular formula is C13H19NO4S. The molecule has 0 radical (unpaired) electrons. The van der Waals surface area contributed by atoms with E-state index in [0.717, 1.165) is 18.7 Å². The van der Waals surface area contributed by atoms with Gasteiger partial charge in [-0.1, -0.05) is 17.7 Å². The first-order valence-corrected chi connectivity index (χ1v) is 6.73. The number of benzene rings is 1.